The van der Waals surface area contributed by atoms with E-state index in [1.54, 1.807) is 9.80 Å². The van der Waals surface area contributed by atoms with Gasteiger partial charge in [0.05, 0.1) is 0 Å². The summed E-state index contributed by atoms with van der Waals surface area (Å²) in [6.07, 6.45) is 0.861. The predicted molar refractivity (Wildman–Crippen MR) is 84.6 cm³/mol. The Morgan fingerprint density at radius 1 is 1.14 bits per heavy atom. The van der Waals surface area contributed by atoms with Crippen molar-refractivity contribution in [1.82, 2.24) is 9.80 Å². The monoisotopic (exact) mass is 305 g/mol. The molecule has 1 heterocycles. The Hall–Kier alpha value is -1.95. The summed E-state index contributed by atoms with van der Waals surface area (Å²) < 4.78 is 0. The number of benzene rings is 1. The quantitative estimate of drug-likeness (QED) is 0.648. The third-order valence-electron chi connectivity index (χ3n) is 3.50. The molecule has 1 aliphatic rings. The lowest BCUT2D eigenvalue weighted by molar-refractivity contribution is -0.156. The van der Waals surface area contributed by atoms with Crippen molar-refractivity contribution < 1.29 is 9.59 Å². The van der Waals surface area contributed by atoms with Crippen LogP contribution >= 0.6 is 12.2 Å². The number of rotatable bonds is 5. The van der Waals surface area contributed by atoms with Crippen LogP contribution in [-0.4, -0.2) is 46.2 Å². The van der Waals surface area contributed by atoms with Gasteiger partial charge in [0.1, 0.15) is 4.99 Å². The van der Waals surface area contributed by atoms with Gasteiger partial charge in [-0.3, -0.25) is 9.59 Å². The van der Waals surface area contributed by atoms with Crippen molar-refractivity contribution >= 4 is 29.0 Å². The lowest BCUT2D eigenvalue weighted by atomic mass is 10.1. The molecule has 0 aromatic heterocycles. The molecule has 0 aliphatic carbocycles. The first-order chi connectivity index (χ1) is 10.0. The van der Waals surface area contributed by atoms with Gasteiger partial charge in [0.2, 0.25) is 0 Å². The summed E-state index contributed by atoms with van der Waals surface area (Å²) >= 11 is 4.90. The summed E-state index contributed by atoms with van der Waals surface area (Å²) in [5.41, 5.74) is 7.30. The number of hydrogen-bond acceptors (Lipinski definition) is 3. The number of nitrogens with zero attached hydrogens (tertiary/aromatic N) is 2. The smallest absolute Gasteiger partial charge is 0.312 e. The van der Waals surface area contributed by atoms with Crippen LogP contribution in [-0.2, 0) is 16.1 Å². The van der Waals surface area contributed by atoms with Crippen LogP contribution in [0.5, 0.6) is 0 Å². The van der Waals surface area contributed by atoms with Gasteiger partial charge in [0, 0.05) is 31.7 Å². The second kappa shape index (κ2) is 6.67. The highest BCUT2D eigenvalue weighted by molar-refractivity contribution is 7.80. The molecular formula is C15H19N3O2S. The van der Waals surface area contributed by atoms with E-state index in [-0.39, 0.29) is 0 Å². The fraction of sp³-hybridized carbons (Fsp3) is 0.400. The van der Waals surface area contributed by atoms with E-state index < -0.39 is 11.8 Å². The van der Waals surface area contributed by atoms with E-state index in [2.05, 4.69) is 0 Å². The van der Waals surface area contributed by atoms with Gasteiger partial charge in [-0.15, -0.1) is 0 Å². The molecule has 1 aromatic carbocycles. The highest BCUT2D eigenvalue weighted by atomic mass is 32.1. The fourth-order valence-corrected chi connectivity index (χ4v) is 2.48. The summed E-state index contributed by atoms with van der Waals surface area (Å²) in [7, 11) is 0. The van der Waals surface area contributed by atoms with Gasteiger partial charge in [-0.25, -0.2) is 0 Å². The normalized spacial score (nSPS) is 15.5. The molecule has 0 radical (unpaired) electrons. The molecule has 1 aromatic rings. The van der Waals surface area contributed by atoms with E-state index in [4.69, 9.17) is 18.0 Å². The lowest BCUT2D eigenvalue weighted by Crippen LogP contribution is -2.53. The molecule has 2 N–H and O–H groups in total. The predicted octanol–water partition coefficient (Wildman–Crippen LogP) is 0.902. The molecule has 0 unspecified atom stereocenters. The molecule has 2 amide bonds. The van der Waals surface area contributed by atoms with Crippen LogP contribution in [0, 0.1) is 0 Å². The second-order valence-electron chi connectivity index (χ2n) is 5.08. The van der Waals surface area contributed by atoms with Gasteiger partial charge in [0.25, 0.3) is 0 Å². The molecular weight excluding hydrogens is 286 g/mol. The first kappa shape index (κ1) is 15.4. The van der Waals surface area contributed by atoms with Gasteiger partial charge in [-0.2, -0.15) is 0 Å². The van der Waals surface area contributed by atoms with Crippen molar-refractivity contribution in [3.05, 3.63) is 35.4 Å². The summed E-state index contributed by atoms with van der Waals surface area (Å²) in [5, 5.41) is 0. The van der Waals surface area contributed by atoms with Crippen molar-refractivity contribution in [2.45, 2.75) is 19.9 Å². The average Bonchev–Trinajstić information content (AvgIpc) is 2.47. The minimum atomic E-state index is -0.423. The molecule has 1 fully saturated rings. The number of carbonyl (C=O) groups is 2. The molecule has 0 atom stereocenters. The van der Waals surface area contributed by atoms with Crippen LogP contribution in [0.4, 0.5) is 0 Å². The van der Waals surface area contributed by atoms with Crippen molar-refractivity contribution in [3.8, 4) is 0 Å². The molecule has 2 rings (SSSR count). The number of carbonyl (C=O) groups excluding carboxylic acids is 2. The van der Waals surface area contributed by atoms with E-state index >= 15 is 0 Å². The van der Waals surface area contributed by atoms with E-state index in [1.165, 1.54) is 0 Å². The summed E-state index contributed by atoms with van der Waals surface area (Å²) in [4.78, 5) is 27.6. The highest BCUT2D eigenvalue weighted by Crippen LogP contribution is 2.12. The van der Waals surface area contributed by atoms with Crippen LogP contribution in [0.15, 0.2) is 24.3 Å². The first-order valence-electron chi connectivity index (χ1n) is 7.00. The maximum absolute atomic E-state index is 12.1. The number of piperazine rings is 1. The Morgan fingerprint density at radius 2 is 1.71 bits per heavy atom. The van der Waals surface area contributed by atoms with Crippen LogP contribution < -0.4 is 5.73 Å². The molecule has 0 bridgehead atoms. The fourth-order valence-electron chi connectivity index (χ4n) is 2.34. The minimum absolute atomic E-state index is 0.348. The molecule has 112 valence electrons. The molecule has 5 nitrogen and oxygen atoms in total. The zero-order chi connectivity index (χ0) is 15.4. The maximum Gasteiger partial charge on any atom is 0.312 e. The van der Waals surface area contributed by atoms with Crippen molar-refractivity contribution in [3.63, 3.8) is 0 Å². The van der Waals surface area contributed by atoms with Gasteiger partial charge in [0.15, 0.2) is 0 Å². The first-order valence-corrected chi connectivity index (χ1v) is 7.40. The Balaban J connectivity index is 2.02. The zero-order valence-corrected chi connectivity index (χ0v) is 12.9. The van der Waals surface area contributed by atoms with Crippen molar-refractivity contribution in [2.24, 2.45) is 5.73 Å². The number of nitrogens with two attached hydrogens (primary N) is 1. The van der Waals surface area contributed by atoms with E-state index in [1.807, 2.05) is 31.2 Å². The topological polar surface area (TPSA) is 66.6 Å². The van der Waals surface area contributed by atoms with E-state index in [0.717, 1.165) is 17.5 Å². The third kappa shape index (κ3) is 3.58. The van der Waals surface area contributed by atoms with Gasteiger partial charge in [-0.1, -0.05) is 43.4 Å². The van der Waals surface area contributed by atoms with Gasteiger partial charge in [-0.05, 0) is 12.0 Å². The van der Waals surface area contributed by atoms with Gasteiger partial charge < -0.3 is 15.5 Å². The summed E-state index contributed by atoms with van der Waals surface area (Å²) in [6, 6.07) is 7.42. The molecule has 6 heteroatoms. The molecule has 0 saturated carbocycles. The average molecular weight is 305 g/mol. The van der Waals surface area contributed by atoms with Crippen molar-refractivity contribution in [1.29, 1.82) is 0 Å². The Bertz CT molecular complexity index is 557. The Morgan fingerprint density at radius 3 is 2.29 bits per heavy atom. The standard InChI is InChI=1S/C15H19N3O2S/c1-2-7-17-8-9-18(15(20)14(17)19)10-11-3-5-12(6-4-11)13(16)21/h3-6H,2,7-10H2,1H3,(H2,16,21). The third-order valence-corrected chi connectivity index (χ3v) is 3.74. The SMILES string of the molecule is CCCN1CCN(Cc2ccc(C(N)=S)cc2)C(=O)C1=O. The summed E-state index contributed by atoms with van der Waals surface area (Å²) in [5.74, 6) is -0.823. The van der Waals surface area contributed by atoms with E-state index in [0.29, 0.717) is 31.2 Å². The second-order valence-corrected chi connectivity index (χ2v) is 5.52. The number of thiocarbonyl (C=S) groups is 1. The largest absolute Gasteiger partial charge is 0.389 e. The van der Waals surface area contributed by atoms with Crippen LogP contribution in [0.1, 0.15) is 24.5 Å². The maximum atomic E-state index is 12.1. The van der Waals surface area contributed by atoms with Crippen LogP contribution in [0.3, 0.4) is 0 Å². The van der Waals surface area contributed by atoms with Crippen LogP contribution in [0.2, 0.25) is 0 Å². The Kier molecular flexibility index (Phi) is 4.90. The Labute approximate surface area is 129 Å². The summed E-state index contributed by atoms with van der Waals surface area (Å²) in [6.45, 7) is 4.24. The lowest BCUT2D eigenvalue weighted by Gasteiger charge is -2.33. The molecule has 1 aliphatic heterocycles. The van der Waals surface area contributed by atoms with Crippen molar-refractivity contribution in [2.75, 3.05) is 19.6 Å². The zero-order valence-electron chi connectivity index (χ0n) is 12.0. The number of amides is 2. The van der Waals surface area contributed by atoms with Gasteiger partial charge >= 0.3 is 11.8 Å². The molecule has 0 spiro atoms. The highest BCUT2D eigenvalue weighted by Gasteiger charge is 2.31. The van der Waals surface area contributed by atoms with E-state index in [9.17, 15) is 9.59 Å². The van der Waals surface area contributed by atoms with Crippen LogP contribution in [0.25, 0.3) is 0 Å². The minimum Gasteiger partial charge on any atom is -0.389 e. The molecule has 21 heavy (non-hydrogen) atoms. The molecule has 1 saturated heterocycles. The number of hydrogen-bond donors (Lipinski definition) is 1.